The normalized spacial score (nSPS) is 14.6. The summed E-state index contributed by atoms with van der Waals surface area (Å²) in [5.74, 6) is 1.49. The zero-order chi connectivity index (χ0) is 14.3. The second-order valence-corrected chi connectivity index (χ2v) is 6.51. The molecular formula is C17H27ClO. The molecule has 0 fully saturated rings. The molecular weight excluding hydrogens is 256 g/mol. The van der Waals surface area contributed by atoms with E-state index < -0.39 is 0 Å². The molecule has 1 aromatic carbocycles. The lowest BCUT2D eigenvalue weighted by Gasteiger charge is -2.15. The van der Waals surface area contributed by atoms with Crippen molar-refractivity contribution < 1.29 is 5.11 Å². The van der Waals surface area contributed by atoms with Gasteiger partial charge in [-0.1, -0.05) is 63.8 Å². The van der Waals surface area contributed by atoms with E-state index in [-0.39, 0.29) is 6.10 Å². The van der Waals surface area contributed by atoms with E-state index in [0.29, 0.717) is 5.92 Å². The molecule has 0 saturated heterocycles. The van der Waals surface area contributed by atoms with E-state index in [0.717, 1.165) is 29.3 Å². The Morgan fingerprint density at radius 2 is 1.58 bits per heavy atom. The zero-order valence-corrected chi connectivity index (χ0v) is 13.2. The molecule has 0 aliphatic rings. The summed E-state index contributed by atoms with van der Waals surface area (Å²) < 4.78 is 0. The Hall–Kier alpha value is -0.530. The summed E-state index contributed by atoms with van der Waals surface area (Å²) in [6.45, 7) is 6.83. The third-order valence-electron chi connectivity index (χ3n) is 3.67. The van der Waals surface area contributed by atoms with Crippen LogP contribution in [0, 0.1) is 11.8 Å². The Balaban J connectivity index is 2.25. The Bertz CT molecular complexity index is 345. The molecule has 0 spiro atoms. The molecule has 0 heterocycles. The highest BCUT2D eigenvalue weighted by molar-refractivity contribution is 6.30. The molecule has 2 heteroatoms. The minimum Gasteiger partial charge on any atom is -0.388 e. The van der Waals surface area contributed by atoms with Gasteiger partial charge in [-0.15, -0.1) is 0 Å². The molecule has 0 bridgehead atoms. The van der Waals surface area contributed by atoms with Gasteiger partial charge in [0.25, 0.3) is 0 Å². The summed E-state index contributed by atoms with van der Waals surface area (Å²) in [7, 11) is 0. The third-order valence-corrected chi connectivity index (χ3v) is 3.92. The fourth-order valence-corrected chi connectivity index (χ4v) is 2.44. The Morgan fingerprint density at radius 1 is 0.947 bits per heavy atom. The highest BCUT2D eigenvalue weighted by Crippen LogP contribution is 2.24. The standard InChI is InChI=1S/C17H27ClO/c1-13(2)5-4-6-14(3)7-12-17(19)15-8-10-16(18)11-9-15/h8-11,13-14,17,19H,4-7,12H2,1-3H3. The number of rotatable bonds is 8. The van der Waals surface area contributed by atoms with Crippen molar-refractivity contribution in [3.05, 3.63) is 34.9 Å². The summed E-state index contributed by atoms with van der Waals surface area (Å²) in [5.41, 5.74) is 0.971. The SMILES string of the molecule is CC(C)CCCC(C)CCC(O)c1ccc(Cl)cc1. The van der Waals surface area contributed by atoms with E-state index in [2.05, 4.69) is 20.8 Å². The van der Waals surface area contributed by atoms with Gasteiger partial charge < -0.3 is 5.11 Å². The van der Waals surface area contributed by atoms with Crippen LogP contribution in [0.3, 0.4) is 0 Å². The Morgan fingerprint density at radius 3 is 2.16 bits per heavy atom. The monoisotopic (exact) mass is 282 g/mol. The van der Waals surface area contributed by atoms with E-state index in [4.69, 9.17) is 11.6 Å². The van der Waals surface area contributed by atoms with Gasteiger partial charge >= 0.3 is 0 Å². The Kier molecular flexibility index (Phi) is 7.48. The maximum absolute atomic E-state index is 10.1. The lowest BCUT2D eigenvalue weighted by molar-refractivity contribution is 0.156. The fraction of sp³-hybridized carbons (Fsp3) is 0.647. The topological polar surface area (TPSA) is 20.2 Å². The number of benzene rings is 1. The van der Waals surface area contributed by atoms with Gasteiger partial charge in [-0.3, -0.25) is 0 Å². The minimum absolute atomic E-state index is 0.357. The van der Waals surface area contributed by atoms with Gasteiger partial charge in [0, 0.05) is 5.02 Å². The lowest BCUT2D eigenvalue weighted by Crippen LogP contribution is -2.02. The van der Waals surface area contributed by atoms with Crippen LogP contribution in [0.25, 0.3) is 0 Å². The van der Waals surface area contributed by atoms with Crippen molar-refractivity contribution in [1.29, 1.82) is 0 Å². The first-order chi connectivity index (χ1) is 8.99. The van der Waals surface area contributed by atoms with Gasteiger partial charge in [0.1, 0.15) is 0 Å². The summed E-state index contributed by atoms with van der Waals surface area (Å²) in [6.07, 6.45) is 5.45. The van der Waals surface area contributed by atoms with E-state index >= 15 is 0 Å². The van der Waals surface area contributed by atoms with Crippen molar-refractivity contribution in [3.8, 4) is 0 Å². The number of hydrogen-bond acceptors (Lipinski definition) is 1. The average molecular weight is 283 g/mol. The van der Waals surface area contributed by atoms with Gasteiger partial charge in [0.2, 0.25) is 0 Å². The van der Waals surface area contributed by atoms with Crippen LogP contribution in [0.4, 0.5) is 0 Å². The first kappa shape index (κ1) is 16.5. The van der Waals surface area contributed by atoms with Crippen molar-refractivity contribution in [2.45, 2.75) is 59.0 Å². The molecule has 108 valence electrons. The maximum Gasteiger partial charge on any atom is 0.0790 e. The van der Waals surface area contributed by atoms with Crippen molar-refractivity contribution in [2.75, 3.05) is 0 Å². The number of aliphatic hydroxyl groups excluding tert-OH is 1. The van der Waals surface area contributed by atoms with E-state index in [1.165, 1.54) is 19.3 Å². The second-order valence-electron chi connectivity index (χ2n) is 6.07. The van der Waals surface area contributed by atoms with Gasteiger partial charge in [0.15, 0.2) is 0 Å². The molecule has 1 N–H and O–H groups in total. The van der Waals surface area contributed by atoms with Gasteiger partial charge in [-0.05, 0) is 42.4 Å². The van der Waals surface area contributed by atoms with Gasteiger partial charge in [-0.25, -0.2) is 0 Å². The predicted molar refractivity (Wildman–Crippen MR) is 83.5 cm³/mol. The second kappa shape index (κ2) is 8.60. The fourth-order valence-electron chi connectivity index (χ4n) is 2.31. The van der Waals surface area contributed by atoms with Crippen LogP contribution in [0.5, 0.6) is 0 Å². The average Bonchev–Trinajstić information content (AvgIpc) is 2.36. The number of aliphatic hydroxyl groups is 1. The molecule has 0 saturated carbocycles. The summed E-state index contributed by atoms with van der Waals surface area (Å²) in [5, 5.41) is 10.9. The molecule has 2 atom stereocenters. The quantitative estimate of drug-likeness (QED) is 0.656. The molecule has 0 aliphatic heterocycles. The highest BCUT2D eigenvalue weighted by atomic mass is 35.5. The molecule has 0 aromatic heterocycles. The largest absolute Gasteiger partial charge is 0.388 e. The summed E-state index contributed by atoms with van der Waals surface area (Å²) in [4.78, 5) is 0. The van der Waals surface area contributed by atoms with Crippen LogP contribution in [0.1, 0.15) is 64.5 Å². The van der Waals surface area contributed by atoms with Crippen molar-refractivity contribution in [2.24, 2.45) is 11.8 Å². The predicted octanol–water partition coefficient (Wildman–Crippen LogP) is 5.62. The van der Waals surface area contributed by atoms with Crippen LogP contribution >= 0.6 is 11.6 Å². The van der Waals surface area contributed by atoms with E-state index in [1.54, 1.807) is 0 Å². The third kappa shape index (κ3) is 6.98. The van der Waals surface area contributed by atoms with Crippen molar-refractivity contribution in [3.63, 3.8) is 0 Å². The van der Waals surface area contributed by atoms with Crippen LogP contribution in [0.15, 0.2) is 24.3 Å². The number of hydrogen-bond donors (Lipinski definition) is 1. The first-order valence-corrected chi connectivity index (χ1v) is 7.80. The van der Waals surface area contributed by atoms with E-state index in [1.807, 2.05) is 24.3 Å². The molecule has 1 aromatic rings. The molecule has 0 aliphatic carbocycles. The molecule has 1 rings (SSSR count). The maximum atomic E-state index is 10.1. The summed E-state index contributed by atoms with van der Waals surface area (Å²) in [6, 6.07) is 7.51. The zero-order valence-electron chi connectivity index (χ0n) is 12.4. The van der Waals surface area contributed by atoms with Crippen LogP contribution in [0.2, 0.25) is 5.02 Å². The number of halogens is 1. The lowest BCUT2D eigenvalue weighted by atomic mass is 9.93. The van der Waals surface area contributed by atoms with Crippen molar-refractivity contribution >= 4 is 11.6 Å². The highest BCUT2D eigenvalue weighted by Gasteiger charge is 2.10. The van der Waals surface area contributed by atoms with Gasteiger partial charge in [0.05, 0.1) is 6.10 Å². The van der Waals surface area contributed by atoms with Crippen molar-refractivity contribution in [1.82, 2.24) is 0 Å². The van der Waals surface area contributed by atoms with E-state index in [9.17, 15) is 5.11 Å². The first-order valence-electron chi connectivity index (χ1n) is 7.42. The van der Waals surface area contributed by atoms with Crippen LogP contribution in [-0.2, 0) is 0 Å². The Labute approximate surface area is 123 Å². The molecule has 2 unspecified atom stereocenters. The summed E-state index contributed by atoms with van der Waals surface area (Å²) >= 11 is 5.84. The molecule has 0 amide bonds. The smallest absolute Gasteiger partial charge is 0.0790 e. The minimum atomic E-state index is -0.357. The molecule has 19 heavy (non-hydrogen) atoms. The van der Waals surface area contributed by atoms with Crippen LogP contribution in [-0.4, -0.2) is 5.11 Å². The molecule has 0 radical (unpaired) electrons. The molecule has 1 nitrogen and oxygen atoms in total. The van der Waals surface area contributed by atoms with Crippen LogP contribution < -0.4 is 0 Å². The van der Waals surface area contributed by atoms with Gasteiger partial charge in [-0.2, -0.15) is 0 Å².